The van der Waals surface area contributed by atoms with E-state index in [1.165, 1.54) is 0 Å². The minimum absolute atomic E-state index is 0.233. The van der Waals surface area contributed by atoms with Gasteiger partial charge in [-0.3, -0.25) is 4.79 Å². The number of aryl methyl sites for hydroxylation is 1. The standard InChI is InChI=1S/C11H15BrN2O2/c1-7-4-8(11(16)9(12)5-7)6-14-3-2-10(13)15/h4-5,14,16H,2-3,6H2,1H3,(H2,13,15). The van der Waals surface area contributed by atoms with Crippen LogP contribution in [0.15, 0.2) is 16.6 Å². The smallest absolute Gasteiger partial charge is 0.218 e. The van der Waals surface area contributed by atoms with Gasteiger partial charge in [0.15, 0.2) is 0 Å². The fraction of sp³-hybridized carbons (Fsp3) is 0.364. The maximum atomic E-state index is 10.5. The summed E-state index contributed by atoms with van der Waals surface area (Å²) in [4.78, 5) is 10.5. The fourth-order valence-electron chi connectivity index (χ4n) is 1.38. The number of primary amides is 1. The van der Waals surface area contributed by atoms with E-state index in [0.717, 1.165) is 11.1 Å². The Morgan fingerprint density at radius 2 is 2.25 bits per heavy atom. The van der Waals surface area contributed by atoms with Gasteiger partial charge in [-0.05, 0) is 34.5 Å². The maximum Gasteiger partial charge on any atom is 0.218 e. The van der Waals surface area contributed by atoms with E-state index in [2.05, 4.69) is 21.2 Å². The second kappa shape index (κ2) is 5.86. The quantitative estimate of drug-likeness (QED) is 0.717. The number of nitrogens with two attached hydrogens (primary N) is 1. The average molecular weight is 287 g/mol. The molecule has 1 aromatic carbocycles. The van der Waals surface area contributed by atoms with Crippen LogP contribution in [-0.4, -0.2) is 17.6 Å². The Hall–Kier alpha value is -1.07. The van der Waals surface area contributed by atoms with Gasteiger partial charge in [-0.25, -0.2) is 0 Å². The Balaban J connectivity index is 2.57. The summed E-state index contributed by atoms with van der Waals surface area (Å²) in [6.07, 6.45) is 0.299. The number of rotatable bonds is 5. The summed E-state index contributed by atoms with van der Waals surface area (Å²) in [7, 11) is 0. The van der Waals surface area contributed by atoms with Crippen LogP contribution in [0.2, 0.25) is 0 Å². The fourth-order valence-corrected chi connectivity index (χ4v) is 1.99. The van der Waals surface area contributed by atoms with Crippen molar-refractivity contribution in [3.8, 4) is 5.75 Å². The molecule has 4 N–H and O–H groups in total. The zero-order valence-corrected chi connectivity index (χ0v) is 10.7. The van der Waals surface area contributed by atoms with Crippen molar-refractivity contribution in [1.82, 2.24) is 5.32 Å². The molecule has 0 aliphatic rings. The van der Waals surface area contributed by atoms with Crippen LogP contribution in [-0.2, 0) is 11.3 Å². The van der Waals surface area contributed by atoms with Crippen LogP contribution < -0.4 is 11.1 Å². The third kappa shape index (κ3) is 3.83. The van der Waals surface area contributed by atoms with Gasteiger partial charge in [0.2, 0.25) is 5.91 Å². The molecule has 16 heavy (non-hydrogen) atoms. The lowest BCUT2D eigenvalue weighted by molar-refractivity contribution is -0.117. The molecule has 1 rings (SSSR count). The predicted octanol–water partition coefficient (Wildman–Crippen LogP) is 1.43. The molecule has 0 aromatic heterocycles. The van der Waals surface area contributed by atoms with Gasteiger partial charge >= 0.3 is 0 Å². The Bertz CT molecular complexity index is 394. The summed E-state index contributed by atoms with van der Waals surface area (Å²) in [6.45, 7) is 2.98. The first kappa shape index (κ1) is 13.0. The highest BCUT2D eigenvalue weighted by atomic mass is 79.9. The normalized spacial score (nSPS) is 10.4. The van der Waals surface area contributed by atoms with E-state index in [-0.39, 0.29) is 11.7 Å². The summed E-state index contributed by atoms with van der Waals surface area (Å²) in [5.74, 6) is -0.0979. The van der Waals surface area contributed by atoms with Crippen molar-refractivity contribution in [3.05, 3.63) is 27.7 Å². The molecule has 1 aromatic rings. The largest absolute Gasteiger partial charge is 0.506 e. The molecule has 4 nitrogen and oxygen atoms in total. The van der Waals surface area contributed by atoms with Gasteiger partial charge in [-0.1, -0.05) is 6.07 Å². The minimum Gasteiger partial charge on any atom is -0.506 e. The lowest BCUT2D eigenvalue weighted by Gasteiger charge is -2.08. The molecule has 5 heteroatoms. The molecule has 0 saturated heterocycles. The summed E-state index contributed by atoms with van der Waals surface area (Å²) < 4.78 is 0.680. The average Bonchev–Trinajstić information content (AvgIpc) is 2.19. The Morgan fingerprint density at radius 3 is 2.88 bits per heavy atom. The molecule has 0 aliphatic carbocycles. The molecule has 88 valence electrons. The predicted molar refractivity (Wildman–Crippen MR) is 66.1 cm³/mol. The molecule has 0 saturated carbocycles. The Morgan fingerprint density at radius 1 is 1.56 bits per heavy atom. The van der Waals surface area contributed by atoms with Crippen LogP contribution in [0.25, 0.3) is 0 Å². The molecule has 1 amide bonds. The van der Waals surface area contributed by atoms with Gasteiger partial charge in [-0.15, -0.1) is 0 Å². The Labute approximate surface area is 103 Å². The number of carbonyl (C=O) groups excluding carboxylic acids is 1. The molecule has 0 unspecified atom stereocenters. The SMILES string of the molecule is Cc1cc(Br)c(O)c(CNCCC(N)=O)c1. The van der Waals surface area contributed by atoms with Gasteiger partial charge in [0, 0.05) is 25.1 Å². The lowest BCUT2D eigenvalue weighted by Crippen LogP contribution is -2.21. The van der Waals surface area contributed by atoms with Crippen molar-refractivity contribution < 1.29 is 9.90 Å². The van der Waals surface area contributed by atoms with E-state index in [0.29, 0.717) is 24.0 Å². The van der Waals surface area contributed by atoms with Crippen molar-refractivity contribution in [1.29, 1.82) is 0 Å². The first-order valence-electron chi connectivity index (χ1n) is 4.97. The number of amides is 1. The zero-order valence-electron chi connectivity index (χ0n) is 9.09. The van der Waals surface area contributed by atoms with Crippen LogP contribution in [0.3, 0.4) is 0 Å². The van der Waals surface area contributed by atoms with Gasteiger partial charge < -0.3 is 16.2 Å². The summed E-state index contributed by atoms with van der Waals surface area (Å²) in [5.41, 5.74) is 6.88. The van der Waals surface area contributed by atoms with Crippen LogP contribution in [0, 0.1) is 6.92 Å². The van der Waals surface area contributed by atoms with Gasteiger partial charge in [0.05, 0.1) is 4.47 Å². The van der Waals surface area contributed by atoms with Crippen LogP contribution in [0.1, 0.15) is 17.5 Å². The highest BCUT2D eigenvalue weighted by Gasteiger charge is 2.06. The molecular formula is C11H15BrN2O2. The first-order chi connectivity index (χ1) is 7.50. The summed E-state index contributed by atoms with van der Waals surface area (Å²) >= 11 is 3.28. The van der Waals surface area contributed by atoms with Crippen LogP contribution in [0.4, 0.5) is 0 Å². The van der Waals surface area contributed by atoms with Crippen LogP contribution >= 0.6 is 15.9 Å². The lowest BCUT2D eigenvalue weighted by atomic mass is 10.1. The second-order valence-electron chi connectivity index (χ2n) is 3.65. The molecule has 0 aliphatic heterocycles. The van der Waals surface area contributed by atoms with Crippen molar-refractivity contribution in [3.63, 3.8) is 0 Å². The van der Waals surface area contributed by atoms with E-state index < -0.39 is 0 Å². The number of nitrogens with one attached hydrogen (secondary N) is 1. The molecule has 0 fully saturated rings. The number of hydrogen-bond acceptors (Lipinski definition) is 3. The topological polar surface area (TPSA) is 75.3 Å². The molecule has 0 atom stereocenters. The van der Waals surface area contributed by atoms with Gasteiger partial charge in [0.1, 0.15) is 5.75 Å². The summed E-state index contributed by atoms with van der Waals surface area (Å²) in [6, 6.07) is 3.75. The third-order valence-corrected chi connectivity index (χ3v) is 2.75. The third-order valence-electron chi connectivity index (χ3n) is 2.15. The Kier molecular flexibility index (Phi) is 4.76. The highest BCUT2D eigenvalue weighted by molar-refractivity contribution is 9.10. The number of benzene rings is 1. The molecule has 0 heterocycles. The molecular weight excluding hydrogens is 272 g/mol. The van der Waals surface area contributed by atoms with E-state index in [1.54, 1.807) is 0 Å². The number of aromatic hydroxyl groups is 1. The number of phenolic OH excluding ortho intramolecular Hbond substituents is 1. The molecule has 0 bridgehead atoms. The highest BCUT2D eigenvalue weighted by Crippen LogP contribution is 2.29. The van der Waals surface area contributed by atoms with Crippen molar-refractivity contribution >= 4 is 21.8 Å². The maximum absolute atomic E-state index is 10.5. The number of halogens is 1. The molecule has 0 spiro atoms. The minimum atomic E-state index is -0.331. The van der Waals surface area contributed by atoms with Crippen molar-refractivity contribution in [2.24, 2.45) is 5.73 Å². The van der Waals surface area contributed by atoms with E-state index >= 15 is 0 Å². The van der Waals surface area contributed by atoms with E-state index in [4.69, 9.17) is 5.73 Å². The van der Waals surface area contributed by atoms with Gasteiger partial charge in [-0.2, -0.15) is 0 Å². The van der Waals surface area contributed by atoms with Crippen LogP contribution in [0.5, 0.6) is 5.75 Å². The van der Waals surface area contributed by atoms with Gasteiger partial charge in [0.25, 0.3) is 0 Å². The zero-order chi connectivity index (χ0) is 12.1. The number of hydrogen-bond donors (Lipinski definition) is 3. The molecule has 0 radical (unpaired) electrons. The van der Waals surface area contributed by atoms with Crippen molar-refractivity contribution in [2.45, 2.75) is 19.9 Å². The number of carbonyl (C=O) groups is 1. The van der Waals surface area contributed by atoms with E-state index in [1.807, 2.05) is 19.1 Å². The monoisotopic (exact) mass is 286 g/mol. The second-order valence-corrected chi connectivity index (χ2v) is 4.50. The van der Waals surface area contributed by atoms with Crippen molar-refractivity contribution in [2.75, 3.05) is 6.54 Å². The first-order valence-corrected chi connectivity index (χ1v) is 5.77. The summed E-state index contributed by atoms with van der Waals surface area (Å²) in [5, 5.41) is 12.8. The number of phenols is 1. The van der Waals surface area contributed by atoms with E-state index in [9.17, 15) is 9.90 Å².